The zero-order valence-corrected chi connectivity index (χ0v) is 17.3. The summed E-state index contributed by atoms with van der Waals surface area (Å²) in [6.45, 7) is 0.952. The van der Waals surface area contributed by atoms with Crippen molar-refractivity contribution < 1.29 is 34.2 Å². The Labute approximate surface area is 173 Å². The third-order valence-corrected chi connectivity index (χ3v) is 6.82. The van der Waals surface area contributed by atoms with E-state index in [0.717, 1.165) is 4.90 Å². The number of amides is 2. The molecule has 3 heterocycles. The number of carboxylic acids is 1. The Morgan fingerprint density at radius 2 is 2.24 bits per heavy atom. The summed E-state index contributed by atoms with van der Waals surface area (Å²) in [6.07, 6.45) is 0. The molecule has 5 N–H and O–H groups in total. The predicted molar refractivity (Wildman–Crippen MR) is 100 cm³/mol. The van der Waals surface area contributed by atoms with E-state index in [4.69, 9.17) is 15.7 Å². The number of nitrogens with zero attached hydrogens (tertiary/aromatic N) is 3. The Bertz CT molecular complexity index is 959. The van der Waals surface area contributed by atoms with E-state index in [0.29, 0.717) is 4.69 Å². The van der Waals surface area contributed by atoms with Crippen LogP contribution in [0.25, 0.3) is 0 Å². The topological polar surface area (TPSA) is 185 Å². The van der Waals surface area contributed by atoms with Crippen LogP contribution in [-0.4, -0.2) is 87.9 Å². The third-order valence-electron chi connectivity index (χ3n) is 4.07. The minimum atomic E-state index is -1.34. The summed E-state index contributed by atoms with van der Waals surface area (Å²) in [6, 6.07) is -1.01. The van der Waals surface area contributed by atoms with Gasteiger partial charge in [-0.25, -0.2) is 0 Å². The number of nitrogens with two attached hydrogens (primary N) is 1. The Morgan fingerprint density at radius 1 is 1.52 bits per heavy atom. The number of hydrogen-bond donors (Lipinski definition) is 4. The molecule has 1 fully saturated rings. The Balaban J connectivity index is 1.76. The van der Waals surface area contributed by atoms with Crippen LogP contribution in [0, 0.1) is 0 Å². The monoisotopic (exact) mass is 489 g/mol. The minimum absolute atomic E-state index is 0.109. The number of fused-ring (bicyclic) bond motifs is 1. The van der Waals surface area contributed by atoms with Crippen molar-refractivity contribution in [1.29, 1.82) is 0 Å². The molecule has 2 aliphatic rings. The fraction of sp³-hybridized carbons (Fsp3) is 0.333. The number of carboxylic acid groups (broad SMARTS) is 1. The first-order valence-corrected chi connectivity index (χ1v) is 10.9. The molecule has 1 saturated heterocycles. The molecule has 14 heteroatoms. The van der Waals surface area contributed by atoms with Gasteiger partial charge in [-0.3, -0.25) is 4.79 Å². The fourth-order valence-electron chi connectivity index (χ4n) is 2.80. The number of rotatable bonds is 6. The quantitative estimate of drug-likeness (QED) is 0.0890. The van der Waals surface area contributed by atoms with E-state index in [1.165, 1.54) is 18.7 Å². The summed E-state index contributed by atoms with van der Waals surface area (Å²) in [5.41, 5.74) is 5.31. The van der Waals surface area contributed by atoms with Crippen molar-refractivity contribution >= 4 is 60.4 Å². The molecule has 0 aliphatic carbocycles. The van der Waals surface area contributed by atoms with Crippen LogP contribution in [0.1, 0.15) is 12.6 Å². The van der Waals surface area contributed by atoms with E-state index < -0.39 is 35.2 Å². The first kappa shape index (κ1) is 20.9. The van der Waals surface area contributed by atoms with Gasteiger partial charge in [-0.1, -0.05) is 0 Å². The molecule has 0 saturated carbocycles. The maximum atomic E-state index is 12.5. The first-order valence-electron chi connectivity index (χ1n) is 8.02. The molecule has 0 aromatic carbocycles. The van der Waals surface area contributed by atoms with E-state index in [1.807, 2.05) is 0 Å². The number of ether oxygens (including phenoxy) is 1. The van der Waals surface area contributed by atoms with Crippen LogP contribution in [0.5, 0.6) is 0 Å². The van der Waals surface area contributed by atoms with Gasteiger partial charge in [0.05, 0.1) is 0 Å². The van der Waals surface area contributed by atoms with Gasteiger partial charge in [-0.2, -0.15) is 0 Å². The van der Waals surface area contributed by atoms with Crippen molar-refractivity contribution in [3.8, 4) is 0 Å². The number of carbonyl (C=O) groups excluding carboxylic acids is 3. The van der Waals surface area contributed by atoms with Crippen LogP contribution in [-0.2, 0) is 23.9 Å². The van der Waals surface area contributed by atoms with Crippen LogP contribution in [0.2, 0.25) is 0 Å². The molecule has 2 amide bonds. The summed E-state index contributed by atoms with van der Waals surface area (Å²) in [5.74, 6) is -3.19. The molecule has 154 valence electrons. The second-order valence-electron chi connectivity index (χ2n) is 5.92. The van der Waals surface area contributed by atoms with E-state index in [2.05, 4.69) is 15.5 Å². The second kappa shape index (κ2) is 8.27. The molecule has 0 spiro atoms. The van der Waals surface area contributed by atoms with Crippen LogP contribution in [0.15, 0.2) is 21.4 Å². The summed E-state index contributed by atoms with van der Waals surface area (Å²) in [5, 5.41) is 23.4. The van der Waals surface area contributed by atoms with Crippen molar-refractivity contribution in [3.05, 3.63) is 21.9 Å². The molecule has 29 heavy (non-hydrogen) atoms. The molecule has 12 nitrogen and oxygen atoms in total. The number of carbonyl (C=O) groups is 4. The number of thioether (sulfide) groups is 1. The van der Waals surface area contributed by atoms with Gasteiger partial charge in [0, 0.05) is 6.92 Å². The molecule has 0 unspecified atom stereocenters. The molecule has 3 rings (SSSR count). The molecule has 1 aromatic rings. The van der Waals surface area contributed by atoms with Gasteiger partial charge in [-0.15, -0.1) is 0 Å². The Morgan fingerprint density at radius 3 is 2.79 bits per heavy atom. The van der Waals surface area contributed by atoms with E-state index in [9.17, 15) is 24.3 Å². The fourth-order valence-corrected chi connectivity index (χ4v) is 5.28. The summed E-state index contributed by atoms with van der Waals surface area (Å²) >= 11 is 0.960. The molecular weight excluding hydrogens is 473 g/mol. The number of anilines is 1. The number of β-lactam (4-membered cyclic amide) rings is 1. The van der Waals surface area contributed by atoms with E-state index in [-0.39, 0.29) is 49.5 Å². The van der Waals surface area contributed by atoms with E-state index >= 15 is 0 Å². The van der Waals surface area contributed by atoms with Crippen LogP contribution < -0.4 is 11.1 Å². The van der Waals surface area contributed by atoms with Crippen LogP contribution in [0.3, 0.4) is 0 Å². The van der Waals surface area contributed by atoms with Crippen molar-refractivity contribution in [2.24, 2.45) is 5.16 Å². The zero-order chi connectivity index (χ0) is 21.3. The average Bonchev–Trinajstić information content (AvgIpc) is 3.09. The molecule has 1 aromatic heterocycles. The standard InChI is InChI=1S/C15H15N5O7SSe/c1-5(21)27-2-6-3-28-13-9(12(23)20(13)10(6)14(24)25)18-11(22)8(19-26)7-4-29-15(16)17-7/h4,9,13,26H,2-3H2,1H3,(H2,16,17)(H,18,22)(H,24,25)/b19-8-/t9-,13-/m1/s1. The number of nitrogen functional groups attached to an aromatic ring is 1. The normalized spacial score (nSPS) is 21.3. The van der Waals surface area contributed by atoms with Gasteiger partial charge in [0.2, 0.25) is 0 Å². The number of hydrogen-bond acceptors (Lipinski definition) is 10. The maximum absolute atomic E-state index is 12.5. The molecule has 0 radical (unpaired) electrons. The number of esters is 1. The van der Waals surface area contributed by atoms with E-state index in [1.54, 1.807) is 4.94 Å². The van der Waals surface area contributed by atoms with Gasteiger partial charge < -0.3 is 0 Å². The summed E-state index contributed by atoms with van der Waals surface area (Å²) in [4.78, 5) is 54.2. The summed E-state index contributed by atoms with van der Waals surface area (Å²) < 4.78 is 5.17. The number of nitrogens with one attached hydrogen (secondary N) is 1. The molecular formula is C15H15N5O7SSe. The van der Waals surface area contributed by atoms with Crippen LogP contribution >= 0.6 is 11.8 Å². The molecule has 2 aliphatic heterocycles. The number of aromatic nitrogens is 1. The number of oxime groups is 1. The van der Waals surface area contributed by atoms with Crippen molar-refractivity contribution in [1.82, 2.24) is 15.2 Å². The zero-order valence-electron chi connectivity index (χ0n) is 14.8. The Hall–Kier alpha value is -2.83. The Kier molecular flexibility index (Phi) is 5.96. The summed E-state index contributed by atoms with van der Waals surface area (Å²) in [7, 11) is 0. The molecule has 2 atom stereocenters. The predicted octanol–water partition coefficient (Wildman–Crippen LogP) is -1.80. The van der Waals surface area contributed by atoms with Gasteiger partial charge in [0.25, 0.3) is 0 Å². The van der Waals surface area contributed by atoms with Crippen LogP contribution in [0.4, 0.5) is 4.69 Å². The molecule has 0 bridgehead atoms. The average molecular weight is 488 g/mol. The third kappa shape index (κ3) is 3.99. The van der Waals surface area contributed by atoms with Crippen molar-refractivity contribution in [2.45, 2.75) is 18.3 Å². The van der Waals surface area contributed by atoms with Gasteiger partial charge in [0.15, 0.2) is 0 Å². The van der Waals surface area contributed by atoms with Gasteiger partial charge in [0.1, 0.15) is 0 Å². The second-order valence-corrected chi connectivity index (χ2v) is 8.89. The van der Waals surface area contributed by atoms with Crippen molar-refractivity contribution in [2.75, 3.05) is 18.1 Å². The van der Waals surface area contributed by atoms with Gasteiger partial charge in [-0.05, 0) is 0 Å². The number of aliphatic carboxylic acids is 1. The van der Waals surface area contributed by atoms with Crippen molar-refractivity contribution in [3.63, 3.8) is 0 Å². The SMILES string of the molecule is CC(=O)OCC1=C(C(=O)O)N2C(=O)[C@@H](NC(=O)/C(=N\O)c3c[se]c(N)n3)[C@H]2SC1. The van der Waals surface area contributed by atoms with Gasteiger partial charge >= 0.3 is 162 Å². The first-order chi connectivity index (χ1) is 13.7.